The lowest BCUT2D eigenvalue weighted by Crippen LogP contribution is -2.41. The third kappa shape index (κ3) is 3.61. The van der Waals surface area contributed by atoms with Crippen LogP contribution in [-0.2, 0) is 16.6 Å². The Morgan fingerprint density at radius 1 is 1.28 bits per heavy atom. The van der Waals surface area contributed by atoms with Crippen LogP contribution in [0.25, 0.3) is 5.69 Å². The van der Waals surface area contributed by atoms with Crippen LogP contribution in [0, 0.1) is 11.2 Å². The maximum absolute atomic E-state index is 13.2. The van der Waals surface area contributed by atoms with Gasteiger partial charge in [0, 0.05) is 25.4 Å². The van der Waals surface area contributed by atoms with Crippen LogP contribution in [0.2, 0.25) is 0 Å². The summed E-state index contributed by atoms with van der Waals surface area (Å²) in [5, 5.41) is 4.43. The SMILES string of the molecule is CN(C)S(=O)(=O)N[C@@H]1CC(C)(C)Cc2c1cnn2-c1ccc(F)cc1. The van der Waals surface area contributed by atoms with Gasteiger partial charge in [-0.15, -0.1) is 0 Å². The topological polar surface area (TPSA) is 67.2 Å². The van der Waals surface area contributed by atoms with Crippen molar-refractivity contribution in [1.82, 2.24) is 18.8 Å². The Morgan fingerprint density at radius 3 is 2.52 bits per heavy atom. The molecule has 1 aromatic carbocycles. The minimum Gasteiger partial charge on any atom is -0.237 e. The zero-order valence-corrected chi connectivity index (χ0v) is 15.6. The van der Waals surface area contributed by atoms with E-state index in [4.69, 9.17) is 0 Å². The maximum atomic E-state index is 13.2. The molecular weight excluding hydrogens is 343 g/mol. The first kappa shape index (κ1) is 18.0. The molecule has 0 amide bonds. The molecule has 1 aliphatic rings. The second kappa shape index (κ2) is 6.19. The highest BCUT2D eigenvalue weighted by atomic mass is 32.2. The first-order valence-electron chi connectivity index (χ1n) is 8.12. The molecule has 2 aromatic rings. The van der Waals surface area contributed by atoms with E-state index >= 15 is 0 Å². The van der Waals surface area contributed by atoms with Gasteiger partial charge in [-0.05, 0) is 42.5 Å². The van der Waals surface area contributed by atoms with Gasteiger partial charge in [-0.25, -0.2) is 9.07 Å². The minimum atomic E-state index is -3.56. The monoisotopic (exact) mass is 366 g/mol. The molecule has 0 bridgehead atoms. The fourth-order valence-electron chi connectivity index (χ4n) is 3.24. The fourth-order valence-corrected chi connectivity index (χ4v) is 4.02. The van der Waals surface area contributed by atoms with Gasteiger partial charge in [0.2, 0.25) is 0 Å². The summed E-state index contributed by atoms with van der Waals surface area (Å²) < 4.78 is 43.5. The van der Waals surface area contributed by atoms with Crippen molar-refractivity contribution in [2.24, 2.45) is 5.41 Å². The van der Waals surface area contributed by atoms with Gasteiger partial charge < -0.3 is 0 Å². The molecule has 0 unspecified atom stereocenters. The summed E-state index contributed by atoms with van der Waals surface area (Å²) in [5.74, 6) is -0.304. The van der Waals surface area contributed by atoms with Crippen molar-refractivity contribution in [2.45, 2.75) is 32.7 Å². The third-order valence-corrected chi connectivity index (χ3v) is 6.07. The number of hydrogen-bond acceptors (Lipinski definition) is 3. The molecule has 0 saturated heterocycles. The van der Waals surface area contributed by atoms with Crippen LogP contribution < -0.4 is 4.72 Å². The minimum absolute atomic E-state index is 0.0929. The zero-order chi connectivity index (χ0) is 18.4. The van der Waals surface area contributed by atoms with Gasteiger partial charge in [-0.1, -0.05) is 13.8 Å². The predicted octanol–water partition coefficient (Wildman–Crippen LogP) is 2.42. The summed E-state index contributed by atoms with van der Waals surface area (Å²) in [6.45, 7) is 4.21. The first-order chi connectivity index (χ1) is 11.6. The molecule has 1 aliphatic carbocycles. The average molecular weight is 366 g/mol. The largest absolute Gasteiger partial charge is 0.279 e. The van der Waals surface area contributed by atoms with Gasteiger partial charge >= 0.3 is 0 Å². The molecule has 136 valence electrons. The molecule has 0 spiro atoms. The zero-order valence-electron chi connectivity index (χ0n) is 14.8. The number of fused-ring (bicyclic) bond motifs is 1. The average Bonchev–Trinajstić information content (AvgIpc) is 2.90. The molecule has 1 aromatic heterocycles. The molecule has 6 nitrogen and oxygen atoms in total. The normalized spacial score (nSPS) is 19.8. The quantitative estimate of drug-likeness (QED) is 0.904. The Hall–Kier alpha value is -1.77. The summed E-state index contributed by atoms with van der Waals surface area (Å²) in [6.07, 6.45) is 3.15. The van der Waals surface area contributed by atoms with Gasteiger partial charge in [0.05, 0.1) is 17.9 Å². The van der Waals surface area contributed by atoms with Crippen molar-refractivity contribution in [3.8, 4) is 5.69 Å². The molecular formula is C17H23FN4O2S. The second-order valence-corrected chi connectivity index (χ2v) is 9.35. The Balaban J connectivity index is 2.03. The molecule has 25 heavy (non-hydrogen) atoms. The van der Waals surface area contributed by atoms with Crippen LogP contribution in [0.15, 0.2) is 30.5 Å². The lowest BCUT2D eigenvalue weighted by Gasteiger charge is -2.36. The van der Waals surface area contributed by atoms with E-state index in [0.717, 1.165) is 23.4 Å². The smallest absolute Gasteiger partial charge is 0.237 e. The maximum Gasteiger partial charge on any atom is 0.279 e. The summed E-state index contributed by atoms with van der Waals surface area (Å²) in [4.78, 5) is 0. The van der Waals surface area contributed by atoms with Crippen LogP contribution in [0.1, 0.15) is 37.6 Å². The van der Waals surface area contributed by atoms with Crippen LogP contribution in [0.3, 0.4) is 0 Å². The van der Waals surface area contributed by atoms with E-state index in [1.165, 1.54) is 30.5 Å². The van der Waals surface area contributed by atoms with E-state index in [9.17, 15) is 12.8 Å². The summed E-state index contributed by atoms with van der Waals surface area (Å²) in [5.41, 5.74) is 2.49. The first-order valence-corrected chi connectivity index (χ1v) is 9.56. The van der Waals surface area contributed by atoms with E-state index in [2.05, 4.69) is 23.7 Å². The summed E-state index contributed by atoms with van der Waals surface area (Å²) in [7, 11) is -0.557. The van der Waals surface area contributed by atoms with Crippen molar-refractivity contribution in [3.63, 3.8) is 0 Å². The van der Waals surface area contributed by atoms with E-state index in [-0.39, 0.29) is 17.3 Å². The molecule has 8 heteroatoms. The lowest BCUT2D eigenvalue weighted by molar-refractivity contribution is 0.267. The standard InChI is InChI=1S/C17H23FN4O2S/c1-17(2)9-15(20-25(23,24)21(3)4)14-11-19-22(16(14)10-17)13-7-5-12(18)6-8-13/h5-8,11,15,20H,9-10H2,1-4H3/t15-/m1/s1. The number of benzene rings is 1. The highest BCUT2D eigenvalue weighted by Crippen LogP contribution is 2.41. The van der Waals surface area contributed by atoms with Gasteiger partial charge in [0.15, 0.2) is 0 Å². The van der Waals surface area contributed by atoms with Crippen molar-refractivity contribution < 1.29 is 12.8 Å². The van der Waals surface area contributed by atoms with E-state index in [0.29, 0.717) is 6.42 Å². The molecule has 0 fully saturated rings. The van der Waals surface area contributed by atoms with Crippen LogP contribution in [0.5, 0.6) is 0 Å². The highest BCUT2D eigenvalue weighted by Gasteiger charge is 2.37. The molecule has 0 aliphatic heterocycles. The molecule has 3 rings (SSSR count). The van der Waals surface area contributed by atoms with Gasteiger partial charge in [0.1, 0.15) is 5.82 Å². The number of rotatable bonds is 4. The van der Waals surface area contributed by atoms with Crippen LogP contribution in [-0.4, -0.2) is 36.6 Å². The number of hydrogen-bond donors (Lipinski definition) is 1. The Labute approximate surface area is 147 Å². The predicted molar refractivity (Wildman–Crippen MR) is 94.1 cm³/mol. The molecule has 0 radical (unpaired) electrons. The fraction of sp³-hybridized carbons (Fsp3) is 0.471. The number of nitrogens with one attached hydrogen (secondary N) is 1. The second-order valence-electron chi connectivity index (χ2n) is 7.44. The third-order valence-electron chi connectivity index (χ3n) is 4.52. The molecule has 1 heterocycles. The van der Waals surface area contributed by atoms with Gasteiger partial charge in [-0.3, -0.25) is 0 Å². The van der Waals surface area contributed by atoms with Crippen LogP contribution >= 0.6 is 0 Å². The number of nitrogens with zero attached hydrogens (tertiary/aromatic N) is 3. The Kier molecular flexibility index (Phi) is 4.47. The summed E-state index contributed by atoms with van der Waals surface area (Å²) >= 11 is 0. The molecule has 0 saturated carbocycles. The molecule has 1 N–H and O–H groups in total. The van der Waals surface area contributed by atoms with Gasteiger partial charge in [0.25, 0.3) is 10.2 Å². The highest BCUT2D eigenvalue weighted by molar-refractivity contribution is 7.87. The molecule has 1 atom stereocenters. The van der Waals surface area contributed by atoms with Crippen molar-refractivity contribution in [2.75, 3.05) is 14.1 Å². The number of aromatic nitrogens is 2. The van der Waals surface area contributed by atoms with E-state index < -0.39 is 10.2 Å². The number of halogens is 1. The van der Waals surface area contributed by atoms with Crippen molar-refractivity contribution in [3.05, 3.63) is 47.5 Å². The van der Waals surface area contributed by atoms with E-state index in [1.807, 2.05) is 0 Å². The van der Waals surface area contributed by atoms with Gasteiger partial charge in [-0.2, -0.15) is 22.5 Å². The summed E-state index contributed by atoms with van der Waals surface area (Å²) in [6, 6.07) is 5.78. The Bertz CT molecular complexity index is 873. The lowest BCUT2D eigenvalue weighted by atomic mass is 9.74. The van der Waals surface area contributed by atoms with Crippen LogP contribution in [0.4, 0.5) is 4.39 Å². The van der Waals surface area contributed by atoms with E-state index in [1.54, 1.807) is 23.0 Å². The van der Waals surface area contributed by atoms with Crippen molar-refractivity contribution in [1.29, 1.82) is 0 Å². The van der Waals surface area contributed by atoms with Crippen molar-refractivity contribution >= 4 is 10.2 Å². The Morgan fingerprint density at radius 2 is 1.92 bits per heavy atom.